The minimum Gasteiger partial charge on any atom is -0.286 e. The zero-order valence-electron chi connectivity index (χ0n) is 13.3. The van der Waals surface area contributed by atoms with Crippen molar-refractivity contribution in [1.82, 2.24) is 9.80 Å². The third-order valence-corrected chi connectivity index (χ3v) is 3.90. The maximum Gasteiger partial charge on any atom is 0.153 e. The molecule has 0 saturated heterocycles. The molecule has 0 saturated carbocycles. The number of hydrogen-bond acceptors (Lipinski definition) is 5. The molecular weight excluding hydrogens is 274 g/mol. The van der Waals surface area contributed by atoms with Gasteiger partial charge in [0.2, 0.25) is 0 Å². The summed E-state index contributed by atoms with van der Waals surface area (Å²) in [6.07, 6.45) is 1.71. The van der Waals surface area contributed by atoms with Crippen LogP contribution in [0.15, 0.2) is 10.2 Å². The number of nitrogens with zero attached hydrogens (tertiary/aromatic N) is 5. The Bertz CT molecular complexity index is 352. The summed E-state index contributed by atoms with van der Waals surface area (Å²) in [5, 5.41) is 17.3. The van der Waals surface area contributed by atoms with Gasteiger partial charge in [0.25, 0.3) is 0 Å². The van der Waals surface area contributed by atoms with Gasteiger partial charge in [-0.1, -0.05) is 13.8 Å². The van der Waals surface area contributed by atoms with Crippen LogP contribution in [0.5, 0.6) is 0 Å². The van der Waals surface area contributed by atoms with Crippen molar-refractivity contribution in [1.29, 1.82) is 5.26 Å². The van der Waals surface area contributed by atoms with Crippen molar-refractivity contribution in [2.75, 3.05) is 19.6 Å². The van der Waals surface area contributed by atoms with Gasteiger partial charge in [-0.25, -0.2) is 0 Å². The normalized spacial score (nSPS) is 22.6. The average Bonchev–Trinajstić information content (AvgIpc) is 2.34. The van der Waals surface area contributed by atoms with E-state index in [0.29, 0.717) is 12.5 Å². The lowest BCUT2D eigenvalue weighted by molar-refractivity contribution is -0.0520. The van der Waals surface area contributed by atoms with Crippen LogP contribution in [-0.2, 0) is 0 Å². The first-order valence-corrected chi connectivity index (χ1v) is 7.28. The Hall–Kier alpha value is -0.700. The second kappa shape index (κ2) is 8.56. The molecule has 1 rings (SSSR count). The number of likely N-dealkylation sites (N-methyl/N-ethyl adjacent to an activating group) is 1. The van der Waals surface area contributed by atoms with Crippen LogP contribution in [0.4, 0.5) is 0 Å². The van der Waals surface area contributed by atoms with E-state index in [4.69, 9.17) is 5.26 Å². The zero-order valence-corrected chi connectivity index (χ0v) is 14.2. The van der Waals surface area contributed by atoms with Gasteiger partial charge in [-0.2, -0.15) is 15.5 Å². The van der Waals surface area contributed by atoms with Gasteiger partial charge in [-0.3, -0.25) is 9.80 Å². The molecule has 2 unspecified atom stereocenters. The maximum absolute atomic E-state index is 8.91. The molecule has 0 aromatic rings. The van der Waals surface area contributed by atoms with Crippen LogP contribution < -0.4 is 0 Å². The summed E-state index contributed by atoms with van der Waals surface area (Å²) in [5.74, 6) is 0. The lowest BCUT2D eigenvalue weighted by atomic mass is 10.1. The zero-order chi connectivity index (χ0) is 14.5. The third-order valence-electron chi connectivity index (χ3n) is 3.90. The van der Waals surface area contributed by atoms with Crippen LogP contribution in [-0.4, -0.2) is 47.3 Å². The highest BCUT2D eigenvalue weighted by atomic mass is 35.5. The topological polar surface area (TPSA) is 55.0 Å². The van der Waals surface area contributed by atoms with E-state index in [1.807, 2.05) is 0 Å². The molecule has 0 aliphatic carbocycles. The first kappa shape index (κ1) is 19.3. The van der Waals surface area contributed by atoms with Crippen LogP contribution in [0.3, 0.4) is 0 Å². The molecule has 0 aromatic heterocycles. The fourth-order valence-corrected chi connectivity index (χ4v) is 2.91. The molecule has 0 aromatic carbocycles. The Morgan fingerprint density at radius 3 is 2.20 bits per heavy atom. The largest absolute Gasteiger partial charge is 0.286 e. The molecule has 0 N–H and O–H groups in total. The quantitative estimate of drug-likeness (QED) is 0.647. The fourth-order valence-electron chi connectivity index (χ4n) is 2.91. The molecule has 0 radical (unpaired) electrons. The Morgan fingerprint density at radius 1 is 1.30 bits per heavy atom. The van der Waals surface area contributed by atoms with Gasteiger partial charge in [-0.15, -0.1) is 12.4 Å². The van der Waals surface area contributed by atoms with E-state index in [1.165, 1.54) is 0 Å². The fraction of sp³-hybridized carbons (Fsp3) is 0.929. The van der Waals surface area contributed by atoms with Gasteiger partial charge in [0.05, 0.1) is 12.2 Å². The monoisotopic (exact) mass is 301 g/mol. The summed E-state index contributed by atoms with van der Waals surface area (Å²) in [6, 6.07) is 2.74. The van der Waals surface area contributed by atoms with E-state index in [-0.39, 0.29) is 24.2 Å². The molecule has 0 fully saturated rings. The summed E-state index contributed by atoms with van der Waals surface area (Å²) in [7, 11) is 0. The Kier molecular flexibility index (Phi) is 8.26. The van der Waals surface area contributed by atoms with Crippen molar-refractivity contribution in [3.63, 3.8) is 0 Å². The molecule has 5 nitrogen and oxygen atoms in total. The van der Waals surface area contributed by atoms with Gasteiger partial charge < -0.3 is 0 Å². The van der Waals surface area contributed by atoms with E-state index in [1.54, 1.807) is 0 Å². The molecular formula is C14H28ClN5. The number of azo groups is 1. The van der Waals surface area contributed by atoms with E-state index >= 15 is 0 Å². The standard InChI is InChI=1S/C14H27N5.ClH/c1-6-18(12(3)4)13(9-8-10-15)19(7-2)14(5)11-16-17-14;/h12-13H,6-9,11H2,1-5H3;1H. The third kappa shape index (κ3) is 4.15. The van der Waals surface area contributed by atoms with Gasteiger partial charge in [0.1, 0.15) is 6.54 Å². The number of rotatable bonds is 8. The number of hydrogen-bond donors (Lipinski definition) is 0. The molecule has 0 spiro atoms. The van der Waals surface area contributed by atoms with Crippen LogP contribution in [0.25, 0.3) is 0 Å². The van der Waals surface area contributed by atoms with Crippen molar-refractivity contribution in [3.8, 4) is 6.07 Å². The number of nitriles is 1. The second-order valence-electron chi connectivity index (χ2n) is 5.50. The van der Waals surface area contributed by atoms with Crippen molar-refractivity contribution < 1.29 is 0 Å². The molecule has 1 aliphatic heterocycles. The minimum atomic E-state index is -0.183. The maximum atomic E-state index is 8.91. The summed E-state index contributed by atoms with van der Waals surface area (Å²) < 4.78 is 0. The smallest absolute Gasteiger partial charge is 0.153 e. The lowest BCUT2D eigenvalue weighted by Crippen LogP contribution is -2.61. The van der Waals surface area contributed by atoms with Gasteiger partial charge >= 0.3 is 0 Å². The minimum absolute atomic E-state index is 0. The molecule has 6 heteroatoms. The van der Waals surface area contributed by atoms with Crippen molar-refractivity contribution >= 4 is 12.4 Å². The molecule has 1 heterocycles. The van der Waals surface area contributed by atoms with E-state index in [9.17, 15) is 0 Å². The Balaban J connectivity index is 0.00000361. The van der Waals surface area contributed by atoms with Crippen LogP contribution >= 0.6 is 12.4 Å². The Morgan fingerprint density at radius 2 is 1.90 bits per heavy atom. The average molecular weight is 302 g/mol. The van der Waals surface area contributed by atoms with Gasteiger partial charge in [0, 0.05) is 12.5 Å². The molecule has 1 aliphatic rings. The lowest BCUT2D eigenvalue weighted by Gasteiger charge is -2.49. The first-order chi connectivity index (χ1) is 9.00. The van der Waals surface area contributed by atoms with Crippen molar-refractivity contribution in [2.24, 2.45) is 10.2 Å². The van der Waals surface area contributed by atoms with Gasteiger partial charge in [-0.05, 0) is 40.3 Å². The molecule has 20 heavy (non-hydrogen) atoms. The molecule has 2 atom stereocenters. The van der Waals surface area contributed by atoms with Crippen LogP contribution in [0.1, 0.15) is 47.5 Å². The van der Waals surface area contributed by atoms with E-state index in [2.05, 4.69) is 60.7 Å². The molecule has 116 valence electrons. The predicted molar refractivity (Wildman–Crippen MR) is 83.9 cm³/mol. The first-order valence-electron chi connectivity index (χ1n) is 7.28. The van der Waals surface area contributed by atoms with Gasteiger partial charge in [0.15, 0.2) is 5.66 Å². The highest BCUT2D eigenvalue weighted by molar-refractivity contribution is 5.85. The van der Waals surface area contributed by atoms with Crippen LogP contribution in [0.2, 0.25) is 0 Å². The van der Waals surface area contributed by atoms with Crippen molar-refractivity contribution in [2.45, 2.75) is 65.3 Å². The predicted octanol–water partition coefficient (Wildman–Crippen LogP) is 3.27. The second-order valence-corrected chi connectivity index (χ2v) is 5.50. The Labute approximate surface area is 129 Å². The summed E-state index contributed by atoms with van der Waals surface area (Å²) >= 11 is 0. The van der Waals surface area contributed by atoms with Crippen LogP contribution in [0, 0.1) is 11.3 Å². The van der Waals surface area contributed by atoms with E-state index in [0.717, 1.165) is 26.1 Å². The highest BCUT2D eigenvalue weighted by Gasteiger charge is 2.41. The van der Waals surface area contributed by atoms with E-state index < -0.39 is 0 Å². The molecule has 0 amide bonds. The summed E-state index contributed by atoms with van der Waals surface area (Å²) in [6.45, 7) is 13.6. The summed E-state index contributed by atoms with van der Waals surface area (Å²) in [5.41, 5.74) is -0.183. The molecule has 0 bridgehead atoms. The summed E-state index contributed by atoms with van der Waals surface area (Å²) in [4.78, 5) is 4.83. The van der Waals surface area contributed by atoms with Crippen molar-refractivity contribution in [3.05, 3.63) is 0 Å². The highest BCUT2D eigenvalue weighted by Crippen LogP contribution is 2.30. The number of halogens is 1. The SMILES string of the molecule is CCN(C(C)C)C(CCC#N)N(CC)C1(C)CN=N1.Cl.